The zero-order chi connectivity index (χ0) is 25.0. The van der Waals surface area contributed by atoms with Crippen LogP contribution < -0.4 is 4.74 Å². The molecule has 1 N–H and O–H groups in total. The maximum absolute atomic E-state index is 13.7. The molecule has 1 aliphatic rings. The molecule has 1 aliphatic heterocycles. The Bertz CT molecular complexity index is 1220. The van der Waals surface area contributed by atoms with Crippen LogP contribution in [0, 0.1) is 5.92 Å². The first-order valence-corrected chi connectivity index (χ1v) is 13.3. The average Bonchev–Trinajstić information content (AvgIpc) is 2.86. The SMILES string of the molecule is C[C@H](CO)N1C[C@H](C)[C@H](CN(C)Cc2ccncc2)Oc2cc(-c3ccccc3)ccc2S1(=O)=O. The van der Waals surface area contributed by atoms with Crippen molar-refractivity contribution in [2.24, 2.45) is 5.92 Å². The van der Waals surface area contributed by atoms with Crippen molar-refractivity contribution in [1.29, 1.82) is 0 Å². The lowest BCUT2D eigenvalue weighted by Gasteiger charge is -2.37. The number of fused-ring (bicyclic) bond motifs is 1. The van der Waals surface area contributed by atoms with Crippen LogP contribution >= 0.6 is 0 Å². The molecule has 0 saturated heterocycles. The van der Waals surface area contributed by atoms with Crippen LogP contribution in [0.5, 0.6) is 5.75 Å². The van der Waals surface area contributed by atoms with E-state index in [-0.39, 0.29) is 30.1 Å². The molecule has 3 atom stereocenters. The lowest BCUT2D eigenvalue weighted by molar-refractivity contribution is 0.0734. The number of likely N-dealkylation sites (N-methyl/N-ethyl adjacent to an activating group) is 1. The zero-order valence-electron chi connectivity index (χ0n) is 20.4. The van der Waals surface area contributed by atoms with Gasteiger partial charge in [-0.1, -0.05) is 43.3 Å². The third-order valence-corrected chi connectivity index (χ3v) is 8.49. The monoisotopic (exact) mass is 495 g/mol. The number of aliphatic hydroxyl groups excluding tert-OH is 1. The minimum absolute atomic E-state index is 0.104. The molecule has 4 rings (SSSR count). The first-order valence-electron chi connectivity index (χ1n) is 11.9. The van der Waals surface area contributed by atoms with Crippen molar-refractivity contribution in [2.75, 3.05) is 26.7 Å². The molecule has 0 radical (unpaired) electrons. The summed E-state index contributed by atoms with van der Waals surface area (Å²) in [5, 5.41) is 9.83. The van der Waals surface area contributed by atoms with Gasteiger partial charge in [0.25, 0.3) is 0 Å². The molecule has 0 spiro atoms. The Labute approximate surface area is 208 Å². The molecule has 2 aromatic carbocycles. The van der Waals surface area contributed by atoms with Crippen LogP contribution in [0.15, 0.2) is 78.0 Å². The molecule has 0 unspecified atom stereocenters. The molecule has 0 saturated carbocycles. The number of sulfonamides is 1. The Morgan fingerprint density at radius 1 is 1.11 bits per heavy atom. The van der Waals surface area contributed by atoms with Gasteiger partial charge in [0.1, 0.15) is 16.7 Å². The Balaban J connectivity index is 1.72. The molecule has 7 nitrogen and oxygen atoms in total. The van der Waals surface area contributed by atoms with Crippen LogP contribution in [0.25, 0.3) is 11.1 Å². The van der Waals surface area contributed by atoms with E-state index in [2.05, 4.69) is 9.88 Å². The molecule has 186 valence electrons. The van der Waals surface area contributed by atoms with Crippen molar-refractivity contribution in [1.82, 2.24) is 14.2 Å². The van der Waals surface area contributed by atoms with Gasteiger partial charge in [-0.15, -0.1) is 0 Å². The van der Waals surface area contributed by atoms with Crippen LogP contribution in [0.2, 0.25) is 0 Å². The number of pyridine rings is 1. The fourth-order valence-electron chi connectivity index (χ4n) is 4.43. The second-order valence-corrected chi connectivity index (χ2v) is 11.2. The van der Waals surface area contributed by atoms with E-state index in [1.165, 1.54) is 4.31 Å². The first-order chi connectivity index (χ1) is 16.8. The Hall–Kier alpha value is -2.78. The molecular weight excluding hydrogens is 462 g/mol. The van der Waals surface area contributed by atoms with Gasteiger partial charge in [0.15, 0.2) is 0 Å². The normalized spacial score (nSPS) is 20.9. The number of hydrogen-bond donors (Lipinski definition) is 1. The van der Waals surface area contributed by atoms with Crippen molar-refractivity contribution in [3.8, 4) is 16.9 Å². The van der Waals surface area contributed by atoms with E-state index in [1.54, 1.807) is 25.4 Å². The summed E-state index contributed by atoms with van der Waals surface area (Å²) >= 11 is 0. The van der Waals surface area contributed by atoms with E-state index in [1.807, 2.05) is 68.6 Å². The largest absolute Gasteiger partial charge is 0.487 e. The highest BCUT2D eigenvalue weighted by Gasteiger charge is 2.38. The van der Waals surface area contributed by atoms with Gasteiger partial charge >= 0.3 is 0 Å². The van der Waals surface area contributed by atoms with E-state index in [9.17, 15) is 13.5 Å². The average molecular weight is 496 g/mol. The van der Waals surface area contributed by atoms with Gasteiger partial charge in [0, 0.05) is 44.0 Å². The second kappa shape index (κ2) is 10.9. The predicted octanol–water partition coefficient (Wildman–Crippen LogP) is 3.65. The van der Waals surface area contributed by atoms with Crippen LogP contribution in [-0.2, 0) is 16.6 Å². The maximum Gasteiger partial charge on any atom is 0.247 e. The summed E-state index contributed by atoms with van der Waals surface area (Å²) in [6, 6.07) is 18.5. The fourth-order valence-corrected chi connectivity index (χ4v) is 6.25. The van der Waals surface area contributed by atoms with Crippen molar-refractivity contribution >= 4 is 10.0 Å². The van der Waals surface area contributed by atoms with Crippen LogP contribution in [0.4, 0.5) is 0 Å². The Morgan fingerprint density at radius 3 is 2.51 bits per heavy atom. The quantitative estimate of drug-likeness (QED) is 0.539. The summed E-state index contributed by atoms with van der Waals surface area (Å²) in [4.78, 5) is 6.39. The van der Waals surface area contributed by atoms with E-state index in [4.69, 9.17) is 4.74 Å². The number of nitrogens with zero attached hydrogens (tertiary/aromatic N) is 3. The van der Waals surface area contributed by atoms with E-state index in [0.717, 1.165) is 23.2 Å². The third-order valence-electron chi connectivity index (χ3n) is 6.47. The van der Waals surface area contributed by atoms with E-state index >= 15 is 0 Å². The number of aromatic nitrogens is 1. The summed E-state index contributed by atoms with van der Waals surface area (Å²) in [5.41, 5.74) is 3.02. The molecule has 35 heavy (non-hydrogen) atoms. The van der Waals surface area contributed by atoms with Crippen molar-refractivity contribution in [3.05, 3.63) is 78.6 Å². The number of rotatable bonds is 7. The van der Waals surface area contributed by atoms with E-state index in [0.29, 0.717) is 12.3 Å². The molecular formula is C27H33N3O4S. The highest BCUT2D eigenvalue weighted by Crippen LogP contribution is 2.36. The number of hydrogen-bond acceptors (Lipinski definition) is 6. The molecule has 1 aromatic heterocycles. The van der Waals surface area contributed by atoms with Gasteiger partial charge in [0.05, 0.1) is 6.61 Å². The second-order valence-electron chi connectivity index (χ2n) is 9.32. The predicted molar refractivity (Wildman–Crippen MR) is 136 cm³/mol. The smallest absolute Gasteiger partial charge is 0.247 e. The van der Waals surface area contributed by atoms with Crippen LogP contribution in [0.3, 0.4) is 0 Å². The van der Waals surface area contributed by atoms with Crippen molar-refractivity contribution < 1.29 is 18.3 Å². The Kier molecular flexibility index (Phi) is 7.86. The van der Waals surface area contributed by atoms with Crippen LogP contribution in [-0.4, -0.2) is 66.6 Å². The van der Waals surface area contributed by atoms with Gasteiger partial charge in [-0.05, 0) is 54.9 Å². The molecule has 3 aromatic rings. The van der Waals surface area contributed by atoms with Gasteiger partial charge < -0.3 is 9.84 Å². The maximum atomic E-state index is 13.7. The highest BCUT2D eigenvalue weighted by atomic mass is 32.2. The lowest BCUT2D eigenvalue weighted by Crippen LogP contribution is -2.49. The topological polar surface area (TPSA) is 83.0 Å². The molecule has 0 aliphatic carbocycles. The van der Waals surface area contributed by atoms with Gasteiger partial charge in [-0.3, -0.25) is 9.88 Å². The number of benzene rings is 2. The van der Waals surface area contributed by atoms with Crippen molar-refractivity contribution in [2.45, 2.75) is 37.4 Å². The molecule has 0 amide bonds. The van der Waals surface area contributed by atoms with Crippen molar-refractivity contribution in [3.63, 3.8) is 0 Å². The van der Waals surface area contributed by atoms with Gasteiger partial charge in [0.2, 0.25) is 10.0 Å². The van der Waals surface area contributed by atoms with Gasteiger partial charge in [-0.25, -0.2) is 8.42 Å². The summed E-state index contributed by atoms with van der Waals surface area (Å²) in [7, 11) is -1.83. The summed E-state index contributed by atoms with van der Waals surface area (Å²) in [6.07, 6.45) is 3.30. The molecule has 0 bridgehead atoms. The first kappa shape index (κ1) is 25.3. The lowest BCUT2D eigenvalue weighted by atomic mass is 10.0. The number of ether oxygens (including phenoxy) is 1. The Morgan fingerprint density at radius 2 is 1.83 bits per heavy atom. The highest BCUT2D eigenvalue weighted by molar-refractivity contribution is 7.89. The van der Waals surface area contributed by atoms with Crippen LogP contribution in [0.1, 0.15) is 19.4 Å². The molecule has 2 heterocycles. The number of aliphatic hydroxyl groups is 1. The van der Waals surface area contributed by atoms with Gasteiger partial charge in [-0.2, -0.15) is 4.31 Å². The minimum atomic E-state index is -3.86. The molecule has 0 fully saturated rings. The third kappa shape index (κ3) is 5.73. The fraction of sp³-hybridized carbons (Fsp3) is 0.370. The molecule has 8 heteroatoms. The minimum Gasteiger partial charge on any atom is -0.487 e. The summed E-state index contributed by atoms with van der Waals surface area (Å²) in [6.45, 7) is 5.08. The van der Waals surface area contributed by atoms with E-state index < -0.39 is 16.1 Å². The summed E-state index contributed by atoms with van der Waals surface area (Å²) < 4.78 is 35.2. The standard InChI is InChI=1S/C27H33N3O4S/c1-20-16-30(21(2)19-31)35(32,33)27-10-9-24(23-7-5-4-6-8-23)15-25(27)34-26(20)18-29(3)17-22-11-13-28-14-12-22/h4-15,20-21,26,31H,16-19H2,1-3H3/t20-,21+,26-/m0/s1. The zero-order valence-corrected chi connectivity index (χ0v) is 21.2. The summed E-state index contributed by atoms with van der Waals surface area (Å²) in [5.74, 6) is 0.238.